The van der Waals surface area contributed by atoms with Gasteiger partial charge in [0.15, 0.2) is 0 Å². The highest BCUT2D eigenvalue weighted by Crippen LogP contribution is 2.35. The fraction of sp³-hybridized carbons (Fsp3) is 0.500. The molecule has 1 nitrogen and oxygen atoms in total. The maximum atomic E-state index is 12.5. The number of hydrogen-bond acceptors (Lipinski definition) is 1. The summed E-state index contributed by atoms with van der Waals surface area (Å²) in [6, 6.07) is 3.49. The van der Waals surface area contributed by atoms with Crippen molar-refractivity contribution in [2.75, 3.05) is 5.32 Å². The Morgan fingerprint density at radius 3 is 2.22 bits per heavy atom. The first-order valence-electron chi connectivity index (χ1n) is 5.33. The molecule has 0 aliphatic carbocycles. The van der Waals surface area contributed by atoms with E-state index in [2.05, 4.69) is 21.2 Å². The van der Waals surface area contributed by atoms with E-state index in [1.54, 1.807) is 0 Å². The van der Waals surface area contributed by atoms with Gasteiger partial charge < -0.3 is 5.32 Å². The third-order valence-corrected chi connectivity index (χ3v) is 3.95. The van der Waals surface area contributed by atoms with Crippen LogP contribution < -0.4 is 5.32 Å². The third kappa shape index (κ3) is 3.79. The van der Waals surface area contributed by atoms with Gasteiger partial charge in [0.1, 0.15) is 0 Å². The number of anilines is 1. The molecule has 1 rings (SSSR count). The first-order chi connectivity index (χ1) is 8.04. The summed E-state index contributed by atoms with van der Waals surface area (Å²) in [5, 5.41) is 2.94. The van der Waals surface area contributed by atoms with Gasteiger partial charge >= 0.3 is 6.18 Å². The highest BCUT2D eigenvalue weighted by atomic mass is 79.9. The number of alkyl halides is 4. The van der Waals surface area contributed by atoms with Gasteiger partial charge in [0.25, 0.3) is 0 Å². The minimum Gasteiger partial charge on any atom is -0.378 e. The number of nitrogens with one attached hydrogen (secondary N) is 1. The summed E-state index contributed by atoms with van der Waals surface area (Å²) < 4.78 is 37.9. The zero-order valence-corrected chi connectivity index (χ0v) is 12.5. The van der Waals surface area contributed by atoms with Crippen molar-refractivity contribution in [2.45, 2.75) is 37.9 Å². The van der Waals surface area contributed by atoms with Crippen molar-refractivity contribution in [1.29, 1.82) is 0 Å². The molecule has 6 heteroatoms. The Balaban J connectivity index is 3.01. The molecular formula is C12H14BrClF3N. The van der Waals surface area contributed by atoms with Crippen molar-refractivity contribution >= 4 is 33.2 Å². The van der Waals surface area contributed by atoms with Gasteiger partial charge in [-0.05, 0) is 54.9 Å². The van der Waals surface area contributed by atoms with Gasteiger partial charge in [0, 0.05) is 15.7 Å². The van der Waals surface area contributed by atoms with E-state index in [0.717, 1.165) is 12.1 Å². The largest absolute Gasteiger partial charge is 0.416 e. The number of halogens is 5. The maximum Gasteiger partial charge on any atom is 0.416 e. The molecule has 0 fully saturated rings. The third-order valence-electron chi connectivity index (χ3n) is 2.75. The van der Waals surface area contributed by atoms with Crippen LogP contribution in [0, 0.1) is 0 Å². The average Bonchev–Trinajstić information content (AvgIpc) is 2.19. The van der Waals surface area contributed by atoms with Crippen LogP contribution in [0.2, 0.25) is 0 Å². The lowest BCUT2D eigenvalue weighted by Gasteiger charge is -2.30. The molecule has 1 atom stereocenters. The molecule has 18 heavy (non-hydrogen) atoms. The van der Waals surface area contributed by atoms with Crippen molar-refractivity contribution in [1.82, 2.24) is 0 Å². The fourth-order valence-corrected chi connectivity index (χ4v) is 1.77. The summed E-state index contributed by atoms with van der Waals surface area (Å²) in [7, 11) is 0. The van der Waals surface area contributed by atoms with Gasteiger partial charge in [0.05, 0.1) is 10.9 Å². The van der Waals surface area contributed by atoms with Crippen molar-refractivity contribution in [3.63, 3.8) is 0 Å². The second-order valence-electron chi connectivity index (χ2n) is 4.66. The first kappa shape index (κ1) is 15.6. The van der Waals surface area contributed by atoms with Crippen molar-refractivity contribution < 1.29 is 13.2 Å². The molecule has 0 aliphatic rings. The monoisotopic (exact) mass is 343 g/mol. The van der Waals surface area contributed by atoms with E-state index in [9.17, 15) is 13.2 Å². The van der Waals surface area contributed by atoms with Crippen LogP contribution in [-0.2, 0) is 6.18 Å². The van der Waals surface area contributed by atoms with Gasteiger partial charge in [-0.25, -0.2) is 0 Å². The van der Waals surface area contributed by atoms with Crippen LogP contribution in [0.1, 0.15) is 26.3 Å². The summed E-state index contributed by atoms with van der Waals surface area (Å²) in [6.07, 6.45) is -4.34. The zero-order valence-electron chi connectivity index (χ0n) is 10.2. The maximum absolute atomic E-state index is 12.5. The van der Waals surface area contributed by atoms with Crippen LogP contribution in [0.15, 0.2) is 22.7 Å². The molecule has 1 unspecified atom stereocenters. The molecule has 0 bridgehead atoms. The predicted octanol–water partition coefficient (Wildman–Crippen LogP) is 5.29. The van der Waals surface area contributed by atoms with E-state index in [1.165, 1.54) is 6.07 Å². The molecule has 1 aromatic carbocycles. The number of rotatable bonds is 3. The van der Waals surface area contributed by atoms with Crippen LogP contribution in [0.3, 0.4) is 0 Å². The Morgan fingerprint density at radius 2 is 1.83 bits per heavy atom. The Morgan fingerprint density at radius 1 is 1.28 bits per heavy atom. The number of benzene rings is 1. The normalized spacial score (nSPS) is 14.4. The van der Waals surface area contributed by atoms with E-state index in [4.69, 9.17) is 11.6 Å². The molecule has 0 aromatic heterocycles. The van der Waals surface area contributed by atoms with Crippen molar-refractivity contribution in [3.05, 3.63) is 28.2 Å². The van der Waals surface area contributed by atoms with E-state index in [-0.39, 0.29) is 5.38 Å². The highest BCUT2D eigenvalue weighted by Gasteiger charge is 2.31. The highest BCUT2D eigenvalue weighted by molar-refractivity contribution is 9.10. The predicted molar refractivity (Wildman–Crippen MR) is 72.2 cm³/mol. The molecule has 1 N–H and O–H groups in total. The van der Waals surface area contributed by atoms with Crippen LogP contribution in [0.25, 0.3) is 0 Å². The second-order valence-corrected chi connectivity index (χ2v) is 6.16. The Kier molecular flexibility index (Phi) is 4.60. The lowest BCUT2D eigenvalue weighted by atomic mass is 10.0. The summed E-state index contributed by atoms with van der Waals surface area (Å²) >= 11 is 9.15. The van der Waals surface area contributed by atoms with Crippen LogP contribution in [0.5, 0.6) is 0 Å². The minimum atomic E-state index is -4.34. The van der Waals surface area contributed by atoms with E-state index in [1.807, 2.05) is 20.8 Å². The van der Waals surface area contributed by atoms with Crippen LogP contribution >= 0.6 is 27.5 Å². The van der Waals surface area contributed by atoms with Gasteiger partial charge in [-0.15, -0.1) is 11.6 Å². The SMILES string of the molecule is CC(Cl)C(C)(C)Nc1ccc(C(F)(F)F)cc1Br. The quantitative estimate of drug-likeness (QED) is 0.735. The lowest BCUT2D eigenvalue weighted by molar-refractivity contribution is -0.137. The first-order valence-corrected chi connectivity index (χ1v) is 6.56. The Hall–Kier alpha value is -0.420. The minimum absolute atomic E-state index is 0.174. The molecule has 0 amide bonds. The van der Waals surface area contributed by atoms with Crippen LogP contribution in [0.4, 0.5) is 18.9 Å². The van der Waals surface area contributed by atoms with E-state index < -0.39 is 17.3 Å². The molecule has 0 heterocycles. The van der Waals surface area contributed by atoms with Crippen LogP contribution in [-0.4, -0.2) is 10.9 Å². The summed E-state index contributed by atoms with van der Waals surface area (Å²) in [4.78, 5) is 0. The summed E-state index contributed by atoms with van der Waals surface area (Å²) in [5.74, 6) is 0. The molecule has 102 valence electrons. The summed E-state index contributed by atoms with van der Waals surface area (Å²) in [5.41, 5.74) is -0.527. The molecule has 1 aromatic rings. The lowest BCUT2D eigenvalue weighted by Crippen LogP contribution is -2.39. The van der Waals surface area contributed by atoms with Gasteiger partial charge in [-0.3, -0.25) is 0 Å². The smallest absolute Gasteiger partial charge is 0.378 e. The topological polar surface area (TPSA) is 12.0 Å². The molecule has 0 spiro atoms. The standard InChI is InChI=1S/C12H14BrClF3N/c1-7(14)11(2,3)18-10-5-4-8(6-9(10)13)12(15,16)17/h4-7,18H,1-3H3. The Bertz CT molecular complexity index is 430. The number of hydrogen-bond donors (Lipinski definition) is 1. The molecule has 0 radical (unpaired) electrons. The van der Waals surface area contributed by atoms with E-state index in [0.29, 0.717) is 10.2 Å². The van der Waals surface area contributed by atoms with Gasteiger partial charge in [-0.1, -0.05) is 0 Å². The zero-order chi connectivity index (χ0) is 14.1. The molecule has 0 aliphatic heterocycles. The molecule has 0 saturated heterocycles. The fourth-order valence-electron chi connectivity index (χ4n) is 1.24. The van der Waals surface area contributed by atoms with Gasteiger partial charge in [0.2, 0.25) is 0 Å². The molecule has 0 saturated carbocycles. The Labute approximate surface area is 118 Å². The van der Waals surface area contributed by atoms with Gasteiger partial charge in [-0.2, -0.15) is 13.2 Å². The molecular weight excluding hydrogens is 330 g/mol. The second kappa shape index (κ2) is 5.29. The van der Waals surface area contributed by atoms with E-state index >= 15 is 0 Å². The van der Waals surface area contributed by atoms with Crippen molar-refractivity contribution in [3.8, 4) is 0 Å². The average molecular weight is 345 g/mol. The summed E-state index contributed by atoms with van der Waals surface area (Å²) in [6.45, 7) is 5.59. The van der Waals surface area contributed by atoms with Crippen molar-refractivity contribution in [2.24, 2.45) is 0 Å².